The number of fused-ring (bicyclic) bond motifs is 20. The molecule has 0 aliphatic rings. The highest BCUT2D eigenvalue weighted by molar-refractivity contribution is 6.28. The van der Waals surface area contributed by atoms with E-state index in [2.05, 4.69) is 599 Å². The molecule has 28 aromatic rings. The van der Waals surface area contributed by atoms with Crippen molar-refractivity contribution in [2.24, 2.45) is 0 Å². The van der Waals surface area contributed by atoms with Crippen LogP contribution in [0.4, 0.5) is 68.2 Å². The van der Waals surface area contributed by atoms with E-state index in [1.54, 1.807) is 0 Å². The monoisotopic (exact) mass is 1860 g/mol. The number of para-hydroxylation sites is 8. The van der Waals surface area contributed by atoms with Crippen molar-refractivity contribution in [3.05, 3.63) is 570 Å². The summed E-state index contributed by atoms with van der Waals surface area (Å²) in [5.74, 6) is 0. The summed E-state index contributed by atoms with van der Waals surface area (Å²) >= 11 is 0. The summed E-state index contributed by atoms with van der Waals surface area (Å²) in [6.07, 6.45) is 0. The van der Waals surface area contributed by atoms with Gasteiger partial charge in [-0.2, -0.15) is 0 Å². The van der Waals surface area contributed by atoms with Crippen molar-refractivity contribution in [2.75, 3.05) is 19.6 Å². The molecule has 0 radical (unpaired) electrons. The van der Waals surface area contributed by atoms with Gasteiger partial charge in [0.15, 0.2) is 0 Å². The van der Waals surface area contributed by atoms with E-state index in [1.807, 2.05) is 0 Å². The van der Waals surface area contributed by atoms with Crippen LogP contribution in [0.2, 0.25) is 0 Å². The van der Waals surface area contributed by atoms with Crippen molar-refractivity contribution in [3.63, 3.8) is 0 Å². The van der Waals surface area contributed by atoms with Crippen molar-refractivity contribution >= 4 is 198 Å². The molecule has 0 aliphatic heterocycles. The third-order valence-electron chi connectivity index (χ3n) is 29.5. The van der Waals surface area contributed by atoms with Gasteiger partial charge < -0.3 is 28.7 Å². The Kier molecular flexibility index (Phi) is 21.5. The van der Waals surface area contributed by atoms with Gasteiger partial charge in [-0.05, 0) is 314 Å². The van der Waals surface area contributed by atoms with Crippen LogP contribution in [-0.2, 0) is 0 Å². The molecule has 0 saturated carbocycles. The van der Waals surface area contributed by atoms with Crippen LogP contribution in [0.15, 0.2) is 570 Å². The first-order valence-electron chi connectivity index (χ1n) is 50.2. The van der Waals surface area contributed by atoms with E-state index in [1.165, 1.54) is 158 Å². The fourth-order valence-electron chi connectivity index (χ4n) is 22.8. The van der Waals surface area contributed by atoms with Gasteiger partial charge in [-0.25, -0.2) is 0 Å². The molecule has 0 bridgehead atoms. The zero-order valence-corrected chi connectivity index (χ0v) is 80.0. The van der Waals surface area contributed by atoms with Crippen LogP contribution >= 0.6 is 0 Å². The van der Waals surface area contributed by atoms with E-state index in [0.717, 1.165) is 96.3 Å². The largest absolute Gasteiger partial charge is 0.311 e. The second-order valence-electron chi connectivity index (χ2n) is 37.7. The van der Waals surface area contributed by atoms with Crippen LogP contribution in [0.25, 0.3) is 186 Å². The third-order valence-corrected chi connectivity index (χ3v) is 29.5. The topological polar surface area (TPSA) is 22.8 Å². The Balaban J connectivity index is 0.000000145. The molecule has 6 nitrogen and oxygen atoms in total. The van der Waals surface area contributed by atoms with Crippen LogP contribution in [0.3, 0.4) is 0 Å². The molecule has 0 unspecified atom stereocenters. The predicted molar refractivity (Wildman–Crippen MR) is 622 cm³/mol. The van der Waals surface area contributed by atoms with Gasteiger partial charge in [0.2, 0.25) is 0 Å². The van der Waals surface area contributed by atoms with Crippen LogP contribution in [-0.4, -0.2) is 9.13 Å². The van der Waals surface area contributed by atoms with Gasteiger partial charge in [0, 0.05) is 101 Å². The van der Waals surface area contributed by atoms with Crippen molar-refractivity contribution < 1.29 is 0 Å². The lowest BCUT2D eigenvalue weighted by Crippen LogP contribution is -2.11. The Bertz CT molecular complexity index is 9690. The molecule has 26 aromatic carbocycles. The van der Waals surface area contributed by atoms with Gasteiger partial charge in [0.1, 0.15) is 0 Å². The van der Waals surface area contributed by atoms with Gasteiger partial charge in [0.25, 0.3) is 0 Å². The Morgan fingerprint density at radius 3 is 0.712 bits per heavy atom. The highest BCUT2D eigenvalue weighted by atomic mass is 15.2. The molecule has 28 rings (SSSR count). The Morgan fingerprint density at radius 2 is 0.336 bits per heavy atom. The predicted octanol–water partition coefficient (Wildman–Crippen LogP) is 39.3. The maximum atomic E-state index is 2.46. The molecule has 0 atom stereocenters. The Hall–Kier alpha value is -19.4. The molecule has 6 heteroatoms. The molecule has 2 aromatic heterocycles. The number of rotatable bonds is 18. The second-order valence-corrected chi connectivity index (χ2v) is 37.7. The minimum absolute atomic E-state index is 1.08. The fourth-order valence-corrected chi connectivity index (χ4v) is 22.8. The van der Waals surface area contributed by atoms with E-state index in [9.17, 15) is 0 Å². The van der Waals surface area contributed by atoms with Crippen LogP contribution in [0.5, 0.6) is 0 Å². The molecule has 0 saturated heterocycles. The van der Waals surface area contributed by atoms with Crippen molar-refractivity contribution in [1.29, 1.82) is 0 Å². The summed E-state index contributed by atoms with van der Waals surface area (Å²) in [6, 6.07) is 208. The van der Waals surface area contributed by atoms with Crippen LogP contribution < -0.4 is 19.6 Å². The maximum absolute atomic E-state index is 2.46. The highest BCUT2D eigenvalue weighted by Gasteiger charge is 2.26. The molecule has 0 fully saturated rings. The van der Waals surface area contributed by atoms with Crippen LogP contribution in [0.1, 0.15) is 0 Å². The zero-order chi connectivity index (χ0) is 96.5. The van der Waals surface area contributed by atoms with Crippen molar-refractivity contribution in [3.8, 4) is 55.9 Å². The molecule has 2 heterocycles. The molecule has 0 spiro atoms. The minimum Gasteiger partial charge on any atom is -0.311 e. The maximum Gasteiger partial charge on any atom is 0.0541 e. The molecule has 146 heavy (non-hydrogen) atoms. The quantitative estimate of drug-likeness (QED) is 0.0799. The van der Waals surface area contributed by atoms with Gasteiger partial charge >= 0.3 is 0 Å². The highest BCUT2D eigenvalue weighted by Crippen LogP contribution is 2.51. The summed E-state index contributed by atoms with van der Waals surface area (Å²) in [7, 11) is 0. The van der Waals surface area contributed by atoms with E-state index in [4.69, 9.17) is 0 Å². The summed E-state index contributed by atoms with van der Waals surface area (Å²) in [4.78, 5) is 9.53. The van der Waals surface area contributed by atoms with Crippen molar-refractivity contribution in [1.82, 2.24) is 9.13 Å². The average Bonchev–Trinajstić information content (AvgIpc) is 1.49. The first-order chi connectivity index (χ1) is 72.5. The number of aromatic nitrogens is 2. The standard InChI is InChI=1S/2C70H47N3/c1-4-18-51(19-5-1)72(52-20-6-2-7-21-52)69-45-43-57(58-24-14-15-29-64(58)69)49-34-39-55(40-35-49)71(56-41-42-63-61-27-11-10-25-59(61)60-26-12-13-28-62(60)66(63)47-56)54-37-32-48(33-38-54)50-36-44-70-67(46-50)65-30-16-17-31-68(65)73(70)53-22-8-3-9-23-53;1-4-18-51(19-5-1)71(52-20-6-2-7-21-52)54-37-32-48(33-38-54)49-34-39-55(40-35-49)72(56-41-42-63-61-27-11-10-25-59(61)60-26-12-13-28-62(60)66(63)47-56)69-45-43-57(58-24-14-15-29-64(58)69)50-36-44-70-67(46-50)65-30-16-17-31-68(65)73(70)53-22-8-3-9-23-53/h2*1-47H. The molecular weight excluding hydrogens is 1770 g/mol. The van der Waals surface area contributed by atoms with Gasteiger partial charge in [-0.15, -0.1) is 0 Å². The van der Waals surface area contributed by atoms with Gasteiger partial charge in [-0.1, -0.05) is 376 Å². The first kappa shape index (κ1) is 85.8. The van der Waals surface area contributed by atoms with E-state index < -0.39 is 0 Å². The summed E-state index contributed by atoms with van der Waals surface area (Å²) in [6.45, 7) is 0. The molecular formula is C140H94N6. The average molecular weight is 1860 g/mol. The number of nitrogens with zero attached hydrogens (tertiary/aromatic N) is 6. The number of anilines is 12. The molecule has 0 amide bonds. The zero-order valence-electron chi connectivity index (χ0n) is 80.0. The third kappa shape index (κ3) is 15.1. The number of benzene rings is 26. The first-order valence-corrected chi connectivity index (χ1v) is 50.2. The SMILES string of the molecule is c1ccc(N(c2ccccc2)c2ccc(-c3ccc(N(c4ccc(-c5ccc6c(c5)c5ccccc5n6-c5ccccc5)cc4)c4ccc5c6ccccc6c6ccccc6c5c4)cc3)c3ccccc23)cc1.c1ccc(N(c2ccccc2)c2ccc(-c3ccc(N(c4ccc5c6ccccc6c6ccccc6c5c4)c4ccc(-c5ccc6c(c5)c5ccccc5n6-c5ccccc5)c5ccccc45)cc3)cc2)cc1. The van der Waals surface area contributed by atoms with Gasteiger partial charge in [0.05, 0.1) is 33.4 Å². The van der Waals surface area contributed by atoms with E-state index in [-0.39, 0.29) is 0 Å². The van der Waals surface area contributed by atoms with E-state index in [0.29, 0.717) is 0 Å². The Morgan fingerprint density at radius 1 is 0.110 bits per heavy atom. The minimum atomic E-state index is 1.08. The summed E-state index contributed by atoms with van der Waals surface area (Å²) < 4.78 is 4.76. The van der Waals surface area contributed by atoms with Crippen molar-refractivity contribution in [2.45, 2.75) is 0 Å². The second kappa shape index (κ2) is 36.7. The fraction of sp³-hybridized carbons (Fsp3) is 0. The lowest BCUT2D eigenvalue weighted by molar-refractivity contribution is 1.18. The van der Waals surface area contributed by atoms with E-state index >= 15 is 0 Å². The summed E-state index contributed by atoms with van der Waals surface area (Å²) in [5.41, 5.74) is 29.8. The lowest BCUT2D eigenvalue weighted by atomic mass is 9.93. The molecule has 684 valence electrons. The van der Waals surface area contributed by atoms with Gasteiger partial charge in [-0.3, -0.25) is 0 Å². The Labute approximate surface area is 846 Å². The normalized spacial score (nSPS) is 11.6. The van der Waals surface area contributed by atoms with Crippen LogP contribution in [0, 0.1) is 0 Å². The molecule has 0 aliphatic carbocycles. The lowest BCUT2D eigenvalue weighted by Gasteiger charge is -2.28. The number of hydrogen-bond donors (Lipinski definition) is 0. The summed E-state index contributed by atoms with van der Waals surface area (Å²) in [5, 5.41) is 24.8. The smallest absolute Gasteiger partial charge is 0.0541 e. The molecule has 0 N–H and O–H groups in total. The number of hydrogen-bond acceptors (Lipinski definition) is 4.